The third kappa shape index (κ3) is 109. The minimum Gasteiger partial charge on any atom is -0.481 e. The Hall–Kier alpha value is -3.18. The largest absolute Gasteiger partial charge is 0.481 e. The average Bonchev–Trinajstić information content (AvgIpc) is 2.56. The van der Waals surface area contributed by atoms with Gasteiger partial charge in [-0.15, -0.1) is 0 Å². The molecule has 4 unspecified atom stereocenters. The highest BCUT2D eigenvalue weighted by atomic mass is 16.4. The van der Waals surface area contributed by atoms with Gasteiger partial charge in [0, 0.05) is 34.6 Å². The van der Waals surface area contributed by atoms with Gasteiger partial charge in [-0.25, -0.2) is 0 Å². The molecule has 0 fully saturated rings. The van der Waals surface area contributed by atoms with Crippen LogP contribution in [0.25, 0.3) is 0 Å². The Bertz CT molecular complexity index is 429. The number of carbonyl (C=O) groups excluding carboxylic acids is 1. The third-order valence-corrected chi connectivity index (χ3v) is 1.42. The van der Waals surface area contributed by atoms with Gasteiger partial charge in [0.1, 0.15) is 24.4 Å². The Morgan fingerprint density at radius 2 is 0.781 bits per heavy atom. The minimum absolute atomic E-state index is 0.0258. The summed E-state index contributed by atoms with van der Waals surface area (Å²) in [5.41, 5.74) is 0. The molecule has 32 heavy (non-hydrogen) atoms. The topological polar surface area (TPSA) is 305 Å². The summed E-state index contributed by atoms with van der Waals surface area (Å²) in [6.07, 6.45) is -6.84. The molecule has 0 rings (SSSR count). The van der Waals surface area contributed by atoms with E-state index in [-0.39, 0.29) is 6.29 Å². The van der Waals surface area contributed by atoms with Crippen molar-refractivity contribution >= 4 is 36.1 Å². The second kappa shape index (κ2) is 30.0. The molecule has 0 aromatic rings. The lowest BCUT2D eigenvalue weighted by molar-refractivity contribution is -0.136. The van der Waals surface area contributed by atoms with E-state index in [2.05, 4.69) is 0 Å². The number of rotatable bonds is 5. The summed E-state index contributed by atoms with van der Waals surface area (Å²) in [4.78, 5) is 54.9. The molecule has 10 N–H and O–H groups in total. The first-order valence-corrected chi connectivity index (χ1v) is 7.96. The molecule has 0 spiro atoms. The summed E-state index contributed by atoms with van der Waals surface area (Å²) in [6.45, 7) is 4.66. The summed E-state index contributed by atoms with van der Waals surface area (Å²) in [5.74, 6) is -4.17. The molecular weight excluding hydrogens is 448 g/mol. The number of aliphatic hydroxyl groups excluding tert-OH is 5. The van der Waals surface area contributed by atoms with E-state index in [9.17, 15) is 4.79 Å². The Kier molecular flexibility index (Phi) is 40.2. The van der Waals surface area contributed by atoms with Crippen molar-refractivity contribution in [3.63, 3.8) is 0 Å². The molecule has 0 saturated heterocycles. The van der Waals surface area contributed by atoms with Crippen LogP contribution in [0.15, 0.2) is 0 Å². The number of aliphatic hydroxyl groups is 5. The zero-order chi connectivity index (χ0) is 27.6. The van der Waals surface area contributed by atoms with Gasteiger partial charge in [0.05, 0.1) is 6.61 Å². The molecule has 0 heterocycles. The second-order valence-electron chi connectivity index (χ2n) is 4.95. The fourth-order valence-electron chi connectivity index (χ4n) is 0.618. The molecule has 0 aliphatic carbocycles. The van der Waals surface area contributed by atoms with E-state index in [1.165, 1.54) is 0 Å². The molecule has 0 aromatic carbocycles. The van der Waals surface area contributed by atoms with Crippen LogP contribution in [0.1, 0.15) is 34.6 Å². The number of hydrogen-bond donors (Lipinski definition) is 10. The Labute approximate surface area is 182 Å². The van der Waals surface area contributed by atoms with Crippen LogP contribution in [0.2, 0.25) is 0 Å². The van der Waals surface area contributed by atoms with Gasteiger partial charge in [-0.05, 0) is 0 Å². The maximum atomic E-state index is 9.90. The zero-order valence-electron chi connectivity index (χ0n) is 18.0. The highest BCUT2D eigenvalue weighted by Gasteiger charge is 2.29. The molecule has 0 bridgehead atoms. The van der Waals surface area contributed by atoms with Crippen LogP contribution in [-0.2, 0) is 28.8 Å². The van der Waals surface area contributed by atoms with Gasteiger partial charge in [-0.2, -0.15) is 0 Å². The first-order chi connectivity index (χ1) is 14.2. The van der Waals surface area contributed by atoms with E-state index < -0.39 is 60.9 Å². The lowest BCUT2D eigenvalue weighted by Gasteiger charge is -2.22. The molecule has 16 nitrogen and oxygen atoms in total. The van der Waals surface area contributed by atoms with Crippen LogP contribution in [-0.4, -0.2) is 118 Å². The van der Waals surface area contributed by atoms with Gasteiger partial charge in [-0.3, -0.25) is 24.0 Å². The number of carbonyl (C=O) groups is 6. The van der Waals surface area contributed by atoms with Gasteiger partial charge < -0.3 is 55.9 Å². The van der Waals surface area contributed by atoms with E-state index in [4.69, 9.17) is 75.0 Å². The normalized spacial score (nSPS) is 11.8. The van der Waals surface area contributed by atoms with Crippen LogP contribution in [0.3, 0.4) is 0 Å². The van der Waals surface area contributed by atoms with Crippen molar-refractivity contribution in [3.8, 4) is 0 Å². The predicted octanol–water partition coefficient (Wildman–Crippen LogP) is -2.92. The van der Waals surface area contributed by atoms with Gasteiger partial charge in [-0.1, -0.05) is 0 Å². The number of aldehydes is 1. The summed E-state index contributed by atoms with van der Waals surface area (Å²) in [6, 6.07) is 0. The van der Waals surface area contributed by atoms with Gasteiger partial charge in [0.15, 0.2) is 6.29 Å². The Morgan fingerprint density at radius 1 is 0.594 bits per heavy atom. The zero-order valence-corrected chi connectivity index (χ0v) is 18.0. The van der Waals surface area contributed by atoms with Crippen LogP contribution >= 0.6 is 0 Å². The van der Waals surface area contributed by atoms with E-state index in [0.29, 0.717) is 0 Å². The highest BCUT2D eigenvalue weighted by molar-refractivity contribution is 5.63. The van der Waals surface area contributed by atoms with Crippen LogP contribution in [0.4, 0.5) is 0 Å². The van der Waals surface area contributed by atoms with Crippen molar-refractivity contribution < 1.29 is 79.8 Å². The molecule has 0 aliphatic rings. The maximum absolute atomic E-state index is 9.90. The van der Waals surface area contributed by atoms with E-state index in [1.807, 2.05) is 0 Å². The molecule has 0 saturated carbocycles. The smallest absolute Gasteiger partial charge is 0.300 e. The third-order valence-electron chi connectivity index (χ3n) is 1.42. The molecule has 16 heteroatoms. The van der Waals surface area contributed by atoms with Crippen molar-refractivity contribution in [2.24, 2.45) is 0 Å². The van der Waals surface area contributed by atoms with Gasteiger partial charge in [0.2, 0.25) is 0 Å². The van der Waals surface area contributed by atoms with Crippen molar-refractivity contribution in [2.75, 3.05) is 6.61 Å². The van der Waals surface area contributed by atoms with Crippen LogP contribution in [0.5, 0.6) is 0 Å². The Balaban J connectivity index is -0.0000000706. The minimum atomic E-state index is -1.79. The molecule has 0 aliphatic heterocycles. The average molecular weight is 480 g/mol. The van der Waals surface area contributed by atoms with Crippen molar-refractivity contribution in [1.29, 1.82) is 0 Å². The quantitative estimate of drug-likeness (QED) is 0.176. The SMILES string of the molecule is CC(=O)O.CC(=O)O.CC(=O)O.CC(=O)O.CC(=O)O.O=CC(O)C(O)C(O)C(O)CO. The lowest BCUT2D eigenvalue weighted by Crippen LogP contribution is -2.46. The second-order valence-corrected chi connectivity index (χ2v) is 4.95. The lowest BCUT2D eigenvalue weighted by atomic mass is 10.0. The molecule has 4 atom stereocenters. The molecule has 0 aromatic heterocycles. The first kappa shape index (κ1) is 42.8. The molecular formula is C16H32O16. The summed E-state index contributed by atoms with van der Waals surface area (Å²) in [7, 11) is 0. The monoisotopic (exact) mass is 480 g/mol. The standard InChI is InChI=1S/C6H12O6.5C2H4O2/c7-1-3(9)5(11)6(12)4(10)2-8;5*1-2(3)4/h1,3-6,8-12H,2H2;5*1H3,(H,3,4). The van der Waals surface area contributed by atoms with E-state index in [1.54, 1.807) is 0 Å². The molecule has 192 valence electrons. The van der Waals surface area contributed by atoms with Gasteiger partial charge >= 0.3 is 0 Å². The fourth-order valence-corrected chi connectivity index (χ4v) is 0.618. The van der Waals surface area contributed by atoms with Crippen molar-refractivity contribution in [2.45, 2.75) is 59.0 Å². The number of aliphatic carboxylic acids is 5. The predicted molar refractivity (Wildman–Crippen MR) is 104 cm³/mol. The summed E-state index contributed by atoms with van der Waals surface area (Å²) < 4.78 is 0. The molecule has 0 radical (unpaired) electrons. The van der Waals surface area contributed by atoms with Crippen LogP contribution in [0, 0.1) is 0 Å². The first-order valence-electron chi connectivity index (χ1n) is 7.96. The summed E-state index contributed by atoms with van der Waals surface area (Å²) >= 11 is 0. The molecule has 0 amide bonds. The van der Waals surface area contributed by atoms with Gasteiger partial charge in [0.25, 0.3) is 29.8 Å². The highest BCUT2D eigenvalue weighted by Crippen LogP contribution is 2.02. The number of hydrogen-bond acceptors (Lipinski definition) is 11. The summed E-state index contributed by atoms with van der Waals surface area (Å²) in [5, 5.41) is 80.6. The van der Waals surface area contributed by atoms with Crippen molar-refractivity contribution in [1.82, 2.24) is 0 Å². The van der Waals surface area contributed by atoms with E-state index >= 15 is 0 Å². The maximum Gasteiger partial charge on any atom is 0.300 e. The Morgan fingerprint density at radius 3 is 0.906 bits per heavy atom. The van der Waals surface area contributed by atoms with E-state index in [0.717, 1.165) is 34.6 Å². The van der Waals surface area contributed by atoms with Crippen LogP contribution < -0.4 is 0 Å². The van der Waals surface area contributed by atoms with Crippen molar-refractivity contribution in [3.05, 3.63) is 0 Å². The number of carboxylic acid groups (broad SMARTS) is 5. The fraction of sp³-hybridized carbons (Fsp3) is 0.625. The number of carboxylic acids is 5.